The molecular formula is C14H20O3. The molecule has 1 N–H and O–H groups in total. The number of phenols is 1. The third-order valence-corrected chi connectivity index (χ3v) is 2.73. The first-order valence-electron chi connectivity index (χ1n) is 5.94. The van der Waals surface area contributed by atoms with Crippen LogP contribution in [-0.2, 0) is 11.2 Å². The molecule has 0 heterocycles. The Morgan fingerprint density at radius 2 is 2.12 bits per heavy atom. The van der Waals surface area contributed by atoms with Gasteiger partial charge in [-0.25, -0.2) is 4.79 Å². The smallest absolute Gasteiger partial charge is 0.338 e. The molecule has 0 fully saturated rings. The monoisotopic (exact) mass is 236 g/mol. The number of methoxy groups -OCH3 is 1. The van der Waals surface area contributed by atoms with Crippen molar-refractivity contribution in [1.29, 1.82) is 0 Å². The van der Waals surface area contributed by atoms with Crippen molar-refractivity contribution in [2.75, 3.05) is 7.11 Å². The number of ether oxygens (including phenoxy) is 1. The predicted octanol–water partition coefficient (Wildman–Crippen LogP) is 3.16. The van der Waals surface area contributed by atoms with Crippen molar-refractivity contribution in [3.63, 3.8) is 0 Å². The van der Waals surface area contributed by atoms with Crippen LogP contribution in [0.5, 0.6) is 5.75 Å². The van der Waals surface area contributed by atoms with E-state index in [2.05, 4.69) is 13.8 Å². The summed E-state index contributed by atoms with van der Waals surface area (Å²) in [7, 11) is 1.35. The van der Waals surface area contributed by atoms with E-state index >= 15 is 0 Å². The summed E-state index contributed by atoms with van der Waals surface area (Å²) >= 11 is 0. The zero-order valence-corrected chi connectivity index (χ0v) is 10.7. The molecule has 0 aliphatic rings. The van der Waals surface area contributed by atoms with Crippen LogP contribution in [0, 0.1) is 5.92 Å². The number of carbonyl (C=O) groups is 1. The number of hydrogen-bond donors (Lipinski definition) is 1. The molecule has 0 aromatic heterocycles. The Morgan fingerprint density at radius 3 is 2.71 bits per heavy atom. The van der Waals surface area contributed by atoms with Gasteiger partial charge in [0.2, 0.25) is 0 Å². The van der Waals surface area contributed by atoms with Crippen LogP contribution in [0.4, 0.5) is 0 Å². The van der Waals surface area contributed by atoms with Gasteiger partial charge in [-0.2, -0.15) is 0 Å². The van der Waals surface area contributed by atoms with Gasteiger partial charge in [-0.1, -0.05) is 26.3 Å². The summed E-state index contributed by atoms with van der Waals surface area (Å²) < 4.78 is 4.71. The van der Waals surface area contributed by atoms with Crippen LogP contribution >= 0.6 is 0 Å². The van der Waals surface area contributed by atoms with Gasteiger partial charge >= 0.3 is 5.97 Å². The van der Waals surface area contributed by atoms with Gasteiger partial charge in [0.15, 0.2) is 0 Å². The molecule has 0 bridgehead atoms. The summed E-state index contributed by atoms with van der Waals surface area (Å²) in [5, 5.41) is 9.39. The van der Waals surface area contributed by atoms with Gasteiger partial charge in [0.05, 0.1) is 12.7 Å². The summed E-state index contributed by atoms with van der Waals surface area (Å²) in [5.41, 5.74) is 1.41. The van der Waals surface area contributed by atoms with E-state index in [1.165, 1.54) is 13.2 Å². The van der Waals surface area contributed by atoms with E-state index in [4.69, 9.17) is 4.74 Å². The van der Waals surface area contributed by atoms with Gasteiger partial charge in [0.25, 0.3) is 0 Å². The molecule has 0 saturated carbocycles. The zero-order valence-electron chi connectivity index (χ0n) is 10.7. The Kier molecular flexibility index (Phi) is 5.01. The maximum atomic E-state index is 11.6. The number of rotatable bonds is 5. The van der Waals surface area contributed by atoms with Crippen molar-refractivity contribution in [3.05, 3.63) is 29.3 Å². The lowest BCUT2D eigenvalue weighted by Crippen LogP contribution is -2.06. The molecule has 0 atom stereocenters. The van der Waals surface area contributed by atoms with E-state index in [1.807, 2.05) is 0 Å². The zero-order chi connectivity index (χ0) is 12.8. The lowest BCUT2D eigenvalue weighted by Gasteiger charge is -2.09. The molecule has 94 valence electrons. The first-order chi connectivity index (χ1) is 8.04. The maximum absolute atomic E-state index is 11.6. The SMILES string of the molecule is COC(=O)c1cc(O)ccc1CCCC(C)C. The van der Waals surface area contributed by atoms with Crippen molar-refractivity contribution >= 4 is 5.97 Å². The van der Waals surface area contributed by atoms with Crippen molar-refractivity contribution in [3.8, 4) is 5.75 Å². The largest absolute Gasteiger partial charge is 0.508 e. The quantitative estimate of drug-likeness (QED) is 0.799. The predicted molar refractivity (Wildman–Crippen MR) is 67.2 cm³/mol. The molecular weight excluding hydrogens is 216 g/mol. The first-order valence-corrected chi connectivity index (χ1v) is 5.94. The fourth-order valence-corrected chi connectivity index (χ4v) is 1.78. The van der Waals surface area contributed by atoms with Crippen LogP contribution in [0.25, 0.3) is 0 Å². The number of aromatic hydroxyl groups is 1. The van der Waals surface area contributed by atoms with Crippen LogP contribution in [0.3, 0.4) is 0 Å². The summed E-state index contributed by atoms with van der Waals surface area (Å²) in [4.78, 5) is 11.6. The minimum atomic E-state index is -0.388. The number of hydrogen-bond acceptors (Lipinski definition) is 3. The summed E-state index contributed by atoms with van der Waals surface area (Å²) in [5.74, 6) is 0.368. The molecule has 0 aliphatic carbocycles. The molecule has 0 unspecified atom stereocenters. The van der Waals surface area contributed by atoms with Crippen LogP contribution in [0.1, 0.15) is 42.6 Å². The first kappa shape index (κ1) is 13.6. The second kappa shape index (κ2) is 6.28. The number of carbonyl (C=O) groups excluding carboxylic acids is 1. The highest BCUT2D eigenvalue weighted by molar-refractivity contribution is 5.91. The number of phenolic OH excluding ortho intramolecular Hbond substituents is 1. The van der Waals surface area contributed by atoms with Gasteiger partial charge in [-0.05, 0) is 36.5 Å². The fourth-order valence-electron chi connectivity index (χ4n) is 1.78. The van der Waals surface area contributed by atoms with E-state index in [9.17, 15) is 9.90 Å². The lowest BCUT2D eigenvalue weighted by atomic mass is 9.98. The highest BCUT2D eigenvalue weighted by Gasteiger charge is 2.12. The molecule has 3 heteroatoms. The van der Waals surface area contributed by atoms with E-state index in [-0.39, 0.29) is 11.7 Å². The van der Waals surface area contributed by atoms with Crippen LogP contribution in [0.15, 0.2) is 18.2 Å². The van der Waals surface area contributed by atoms with Gasteiger partial charge in [-0.15, -0.1) is 0 Å². The Hall–Kier alpha value is -1.51. The molecule has 1 aromatic rings. The van der Waals surface area contributed by atoms with E-state index in [1.54, 1.807) is 12.1 Å². The molecule has 0 amide bonds. The molecule has 17 heavy (non-hydrogen) atoms. The fraction of sp³-hybridized carbons (Fsp3) is 0.500. The van der Waals surface area contributed by atoms with Crippen molar-refractivity contribution in [2.45, 2.75) is 33.1 Å². The highest BCUT2D eigenvalue weighted by Crippen LogP contribution is 2.20. The average Bonchev–Trinajstić information content (AvgIpc) is 2.29. The Labute approximate surface area is 102 Å². The molecule has 3 nitrogen and oxygen atoms in total. The average molecular weight is 236 g/mol. The molecule has 0 aliphatic heterocycles. The topological polar surface area (TPSA) is 46.5 Å². The maximum Gasteiger partial charge on any atom is 0.338 e. The van der Waals surface area contributed by atoms with Crippen molar-refractivity contribution < 1.29 is 14.6 Å². The normalized spacial score (nSPS) is 10.6. The number of aryl methyl sites for hydroxylation is 1. The van der Waals surface area contributed by atoms with Gasteiger partial charge < -0.3 is 9.84 Å². The van der Waals surface area contributed by atoms with E-state index in [0.717, 1.165) is 24.8 Å². The van der Waals surface area contributed by atoms with Crippen molar-refractivity contribution in [2.24, 2.45) is 5.92 Å². The highest BCUT2D eigenvalue weighted by atomic mass is 16.5. The van der Waals surface area contributed by atoms with Crippen LogP contribution in [-0.4, -0.2) is 18.2 Å². The molecule has 1 rings (SSSR count). The third-order valence-electron chi connectivity index (χ3n) is 2.73. The Morgan fingerprint density at radius 1 is 1.41 bits per heavy atom. The molecule has 0 radical (unpaired) electrons. The van der Waals surface area contributed by atoms with E-state index < -0.39 is 0 Å². The number of esters is 1. The van der Waals surface area contributed by atoms with Crippen LogP contribution < -0.4 is 0 Å². The van der Waals surface area contributed by atoms with Crippen LogP contribution in [0.2, 0.25) is 0 Å². The second-order valence-electron chi connectivity index (χ2n) is 4.62. The Balaban J connectivity index is 2.79. The lowest BCUT2D eigenvalue weighted by molar-refractivity contribution is 0.0599. The molecule has 0 saturated heterocycles. The van der Waals surface area contributed by atoms with Gasteiger partial charge in [-0.3, -0.25) is 0 Å². The summed E-state index contributed by atoms with van der Waals surface area (Å²) in [6, 6.07) is 4.87. The van der Waals surface area contributed by atoms with Gasteiger partial charge in [0.1, 0.15) is 5.75 Å². The molecule has 0 spiro atoms. The molecule has 1 aromatic carbocycles. The minimum absolute atomic E-state index is 0.0954. The summed E-state index contributed by atoms with van der Waals surface area (Å²) in [6.07, 6.45) is 3.00. The number of benzene rings is 1. The third kappa shape index (κ3) is 4.10. The van der Waals surface area contributed by atoms with E-state index in [0.29, 0.717) is 11.5 Å². The standard InChI is InChI=1S/C14H20O3/c1-10(2)5-4-6-11-7-8-12(15)9-13(11)14(16)17-3/h7-10,15H,4-6H2,1-3H3. The second-order valence-corrected chi connectivity index (χ2v) is 4.62. The van der Waals surface area contributed by atoms with Gasteiger partial charge in [0, 0.05) is 0 Å². The Bertz CT molecular complexity index is 383. The summed E-state index contributed by atoms with van der Waals surface area (Å²) in [6.45, 7) is 4.36. The van der Waals surface area contributed by atoms with Crippen molar-refractivity contribution in [1.82, 2.24) is 0 Å². The minimum Gasteiger partial charge on any atom is -0.508 e.